The van der Waals surface area contributed by atoms with E-state index in [0.29, 0.717) is 66.4 Å². The molecule has 0 aromatic heterocycles. The largest absolute Gasteiger partial charge is 0.508 e. The Kier molecular flexibility index (Phi) is 17.6. The van der Waals surface area contributed by atoms with Gasteiger partial charge in [0.2, 0.25) is 0 Å². The lowest BCUT2D eigenvalue weighted by Crippen LogP contribution is -2.24. The zero-order valence-corrected chi connectivity index (χ0v) is 42.4. The summed E-state index contributed by atoms with van der Waals surface area (Å²) < 4.78 is 24.5. The summed E-state index contributed by atoms with van der Waals surface area (Å²) in [5.74, 6) is 4.17. The minimum Gasteiger partial charge on any atom is -0.508 e. The fraction of sp³-hybridized carbons (Fsp3) is 0.377. The lowest BCUT2D eigenvalue weighted by Gasteiger charge is -2.28. The number of hydrogen-bond donors (Lipinski definition) is 6. The van der Waals surface area contributed by atoms with E-state index in [4.69, 9.17) is 24.7 Å². The zero-order chi connectivity index (χ0) is 51.4. The quantitative estimate of drug-likeness (QED) is 0.0182. The number of anilines is 1. The van der Waals surface area contributed by atoms with Gasteiger partial charge in [-0.15, -0.1) is 0 Å². The van der Waals surface area contributed by atoms with Gasteiger partial charge >= 0.3 is 0 Å². The van der Waals surface area contributed by atoms with Crippen molar-refractivity contribution in [2.75, 3.05) is 32.7 Å². The number of ketones is 1. The third-order valence-electron chi connectivity index (χ3n) is 14.4. The first-order valence-electron chi connectivity index (χ1n) is 25.6. The van der Waals surface area contributed by atoms with Gasteiger partial charge in [-0.3, -0.25) is 9.79 Å². The molecule has 5 aromatic carbocycles. The molecule has 5 unspecified atom stereocenters. The number of nitrogens with two attached hydrogens (primary N) is 1. The number of unbranched alkanes of at least 4 members (excludes halogenated alkanes) is 1. The topological polar surface area (TPSA) is 185 Å². The van der Waals surface area contributed by atoms with Gasteiger partial charge in [-0.25, -0.2) is 0 Å². The number of nitrogens with one attached hydrogen (secondary N) is 1. The molecule has 4 aliphatic rings. The SMILES string of the molecule is CCOCCc1cccc(CC2C#COC(CC3C=C(O)C=CC3CCCCc3cccc(NC(N)=NC)c3)CC(=O)CCc3ccc(OC)c(c3)OCc3c(C(O)O)cc4c2c(O)cc2c4c3C=CC2C)c1. The van der Waals surface area contributed by atoms with Crippen molar-refractivity contribution in [1.82, 2.24) is 0 Å². The van der Waals surface area contributed by atoms with Gasteiger partial charge in [0.1, 0.15) is 36.1 Å². The summed E-state index contributed by atoms with van der Waals surface area (Å²) in [6, 6.07) is 25.6. The first-order chi connectivity index (χ1) is 35.4. The number of rotatable bonds is 16. The highest BCUT2D eigenvalue weighted by atomic mass is 16.5. The summed E-state index contributed by atoms with van der Waals surface area (Å²) in [5.41, 5.74) is 13.9. The first-order valence-corrected chi connectivity index (χ1v) is 25.6. The Balaban J connectivity index is 1.17. The average molecular weight is 988 g/mol. The molecule has 0 fully saturated rings. The number of allylic oxidation sites excluding steroid dienone is 4. The van der Waals surface area contributed by atoms with Crippen LogP contribution in [-0.2, 0) is 46.6 Å². The van der Waals surface area contributed by atoms with Crippen LogP contribution in [-0.4, -0.2) is 65.6 Å². The second-order valence-electron chi connectivity index (χ2n) is 19.4. The molecule has 12 heteroatoms. The Hall–Kier alpha value is -7.04. The van der Waals surface area contributed by atoms with Crippen LogP contribution < -0.4 is 20.5 Å². The molecular weight excluding hydrogens is 919 g/mol. The van der Waals surface area contributed by atoms with Crippen LogP contribution in [0.5, 0.6) is 17.2 Å². The predicted molar refractivity (Wildman–Crippen MR) is 288 cm³/mol. The van der Waals surface area contributed by atoms with E-state index in [9.17, 15) is 25.2 Å². The lowest BCUT2D eigenvalue weighted by molar-refractivity contribution is -0.121. The van der Waals surface area contributed by atoms with Crippen molar-refractivity contribution in [2.45, 2.75) is 109 Å². The molecule has 5 aromatic rings. The van der Waals surface area contributed by atoms with Crippen molar-refractivity contribution >= 4 is 34.3 Å². The summed E-state index contributed by atoms with van der Waals surface area (Å²) in [7, 11) is 3.21. The van der Waals surface area contributed by atoms with E-state index < -0.39 is 18.3 Å². The van der Waals surface area contributed by atoms with Crippen LogP contribution in [0.2, 0.25) is 0 Å². The minimum atomic E-state index is -1.87. The average Bonchev–Trinajstić information content (AvgIpc) is 3.37. The smallest absolute Gasteiger partial charge is 0.192 e. The number of aromatic hydroxyl groups is 1. The Morgan fingerprint density at radius 2 is 1.75 bits per heavy atom. The van der Waals surface area contributed by atoms with Crippen molar-refractivity contribution < 1.29 is 44.2 Å². The third-order valence-corrected chi connectivity index (χ3v) is 14.4. The van der Waals surface area contributed by atoms with E-state index in [1.165, 1.54) is 5.56 Å². The van der Waals surface area contributed by atoms with E-state index in [2.05, 4.69) is 59.6 Å². The van der Waals surface area contributed by atoms with Gasteiger partial charge in [0.15, 0.2) is 23.7 Å². The number of phenolic OH excluding ortho intramolecular Hbond substituents is 1. The molecule has 0 radical (unpaired) electrons. The number of hydrogen-bond acceptors (Lipinski definition) is 10. The Bertz CT molecular complexity index is 2960. The van der Waals surface area contributed by atoms with E-state index in [1.807, 2.05) is 73.7 Å². The number of guanidine groups is 1. The maximum atomic E-state index is 14.1. The zero-order valence-electron chi connectivity index (χ0n) is 42.4. The third kappa shape index (κ3) is 13.1. The Morgan fingerprint density at radius 3 is 2.55 bits per heavy atom. The van der Waals surface area contributed by atoms with Gasteiger partial charge in [-0.2, -0.15) is 0 Å². The molecule has 9 rings (SSSR count). The molecule has 73 heavy (non-hydrogen) atoms. The van der Waals surface area contributed by atoms with Crippen LogP contribution in [0.25, 0.3) is 16.8 Å². The van der Waals surface area contributed by atoms with Crippen LogP contribution in [0, 0.1) is 23.9 Å². The summed E-state index contributed by atoms with van der Waals surface area (Å²) in [6.45, 7) is 5.23. The minimum absolute atomic E-state index is 0.00113. The molecule has 5 atom stereocenters. The van der Waals surface area contributed by atoms with Crippen LogP contribution in [0.3, 0.4) is 0 Å². The molecule has 2 aliphatic heterocycles. The predicted octanol–water partition coefficient (Wildman–Crippen LogP) is 10.8. The van der Waals surface area contributed by atoms with Crippen molar-refractivity contribution in [3.8, 4) is 29.3 Å². The second kappa shape index (κ2) is 24.6. The van der Waals surface area contributed by atoms with Gasteiger partial charge in [-0.05, 0) is 156 Å². The lowest BCUT2D eigenvalue weighted by atomic mass is 9.78. The summed E-state index contributed by atoms with van der Waals surface area (Å²) in [5, 5.41) is 50.0. The molecule has 7 N–H and O–H groups in total. The number of ether oxygens (including phenoxy) is 4. The maximum Gasteiger partial charge on any atom is 0.192 e. The number of aliphatic imine (C=N–C) groups is 1. The highest BCUT2D eigenvalue weighted by molar-refractivity contribution is 6.01. The molecule has 6 bridgehead atoms. The number of methoxy groups -OCH3 is 1. The van der Waals surface area contributed by atoms with Crippen LogP contribution >= 0.6 is 0 Å². The van der Waals surface area contributed by atoms with Crippen molar-refractivity contribution in [3.05, 3.63) is 159 Å². The molecular formula is C61H69N3O9. The second-order valence-corrected chi connectivity index (χ2v) is 19.4. The fourth-order valence-corrected chi connectivity index (χ4v) is 10.6. The highest BCUT2D eigenvalue weighted by Crippen LogP contribution is 2.47. The molecule has 0 spiro atoms. The van der Waals surface area contributed by atoms with Gasteiger partial charge in [0.25, 0.3) is 0 Å². The van der Waals surface area contributed by atoms with Crippen molar-refractivity contribution in [2.24, 2.45) is 22.6 Å². The van der Waals surface area contributed by atoms with Crippen LogP contribution in [0.4, 0.5) is 5.69 Å². The van der Waals surface area contributed by atoms with Gasteiger partial charge in [-0.1, -0.05) is 80.0 Å². The normalized spacial score (nSPS) is 19.9. The molecule has 0 saturated heterocycles. The summed E-state index contributed by atoms with van der Waals surface area (Å²) in [6.07, 6.45) is 16.2. The molecule has 2 heterocycles. The number of Topliss-reactive ketones (excluding diaryl/α,β-unsaturated/α-hetero) is 1. The molecule has 2 aliphatic carbocycles. The van der Waals surface area contributed by atoms with E-state index >= 15 is 0 Å². The van der Waals surface area contributed by atoms with Gasteiger partial charge in [0, 0.05) is 54.8 Å². The molecule has 0 saturated carbocycles. The number of benzene rings is 5. The first kappa shape index (κ1) is 52.3. The molecule has 0 amide bonds. The molecule has 382 valence electrons. The Morgan fingerprint density at radius 1 is 0.945 bits per heavy atom. The van der Waals surface area contributed by atoms with E-state index in [-0.39, 0.29) is 60.1 Å². The number of aryl methyl sites for hydroxylation is 2. The van der Waals surface area contributed by atoms with E-state index in [1.54, 1.807) is 26.3 Å². The van der Waals surface area contributed by atoms with Gasteiger partial charge < -0.3 is 50.4 Å². The number of aliphatic hydroxyl groups excluding tert-OH is 2. The number of aliphatic hydroxyl groups is 3. The monoisotopic (exact) mass is 988 g/mol. The number of fused-ring (bicyclic) bond motifs is 9. The fourth-order valence-electron chi connectivity index (χ4n) is 10.6. The molecule has 12 nitrogen and oxygen atoms in total. The Labute approximate surface area is 429 Å². The maximum absolute atomic E-state index is 14.1. The van der Waals surface area contributed by atoms with Crippen LogP contribution in [0.1, 0.15) is 121 Å². The van der Waals surface area contributed by atoms with Crippen molar-refractivity contribution in [3.63, 3.8) is 0 Å². The number of phenols is 1. The number of nitrogens with zero attached hydrogens (tertiary/aromatic N) is 1. The number of carbonyl (C=O) groups excluding carboxylic acids is 1. The van der Waals surface area contributed by atoms with Crippen molar-refractivity contribution in [1.29, 1.82) is 0 Å². The summed E-state index contributed by atoms with van der Waals surface area (Å²) in [4.78, 5) is 18.1. The van der Waals surface area contributed by atoms with E-state index in [0.717, 1.165) is 71.0 Å². The highest BCUT2D eigenvalue weighted by Gasteiger charge is 2.30. The summed E-state index contributed by atoms with van der Waals surface area (Å²) >= 11 is 0. The van der Waals surface area contributed by atoms with Crippen LogP contribution in [0.15, 0.2) is 114 Å². The standard InChI is InChI=1S/C61H69N3O9/c1-5-71-26-24-40-11-8-13-42(28-40)29-44-25-27-72-49(33-45-32-47(65)21-19-43(45)14-7-6-10-39-12-9-15-46(30-39)64-61(62)63-3)34-48(66)20-17-41-18-23-56(70-4)57(31-41)73-37-54-50-22-16-38(2)51-36-55(67)58(44)53(59(50)51)35-52(54)60(68)69/h8-9,11-13,15-16,18-19,21-23,28,30-32,35-36,38,43-45,49,60,65,67-69H,5-7,10,14,17,20,24,26,29,33-34,37H2,1-4H3,(H3,62,63,64). The number of carbonyl (C=O) groups is 1. The van der Waals surface area contributed by atoms with Gasteiger partial charge in [0.05, 0.1) is 19.6 Å².